The SMILES string of the molecule is O=C(O)C1CCC1S(=O)(=O)NCc1cccc2ccsc12. The van der Waals surface area contributed by atoms with Gasteiger partial charge in [0.05, 0.1) is 11.2 Å². The number of thiophene rings is 1. The van der Waals surface area contributed by atoms with Gasteiger partial charge in [0, 0.05) is 11.2 Å². The summed E-state index contributed by atoms with van der Waals surface area (Å²) in [6.07, 6.45) is 0.844. The number of sulfonamides is 1. The van der Waals surface area contributed by atoms with E-state index >= 15 is 0 Å². The number of benzene rings is 1. The molecule has 2 aromatic rings. The molecule has 7 heteroatoms. The van der Waals surface area contributed by atoms with Crippen LogP contribution < -0.4 is 4.72 Å². The van der Waals surface area contributed by atoms with E-state index in [9.17, 15) is 13.2 Å². The summed E-state index contributed by atoms with van der Waals surface area (Å²) >= 11 is 1.57. The molecule has 0 spiro atoms. The molecule has 2 unspecified atom stereocenters. The van der Waals surface area contributed by atoms with Crippen LogP contribution in [0.3, 0.4) is 0 Å². The maximum atomic E-state index is 12.2. The highest BCUT2D eigenvalue weighted by molar-refractivity contribution is 7.90. The fourth-order valence-electron chi connectivity index (χ4n) is 2.60. The number of fused-ring (bicyclic) bond motifs is 1. The van der Waals surface area contributed by atoms with Crippen LogP contribution in [0.5, 0.6) is 0 Å². The van der Waals surface area contributed by atoms with E-state index in [1.807, 2.05) is 29.6 Å². The van der Waals surface area contributed by atoms with Crippen molar-refractivity contribution in [2.75, 3.05) is 0 Å². The van der Waals surface area contributed by atoms with Gasteiger partial charge >= 0.3 is 5.97 Å². The smallest absolute Gasteiger partial charge is 0.307 e. The highest BCUT2D eigenvalue weighted by Gasteiger charge is 2.44. The van der Waals surface area contributed by atoms with Crippen LogP contribution in [-0.4, -0.2) is 24.7 Å². The first-order chi connectivity index (χ1) is 9.99. The Morgan fingerprint density at radius 3 is 2.81 bits per heavy atom. The quantitative estimate of drug-likeness (QED) is 0.882. The number of nitrogens with one attached hydrogen (secondary N) is 1. The van der Waals surface area contributed by atoms with Crippen LogP contribution in [0.2, 0.25) is 0 Å². The van der Waals surface area contributed by atoms with E-state index in [1.165, 1.54) is 0 Å². The van der Waals surface area contributed by atoms with Crippen molar-refractivity contribution in [2.45, 2.75) is 24.6 Å². The van der Waals surface area contributed by atoms with Gasteiger partial charge < -0.3 is 5.11 Å². The Morgan fingerprint density at radius 2 is 2.14 bits per heavy atom. The monoisotopic (exact) mass is 325 g/mol. The molecule has 1 aromatic carbocycles. The molecule has 0 saturated heterocycles. The summed E-state index contributed by atoms with van der Waals surface area (Å²) in [5.74, 6) is -1.81. The largest absolute Gasteiger partial charge is 0.481 e. The van der Waals surface area contributed by atoms with Gasteiger partial charge in [0.1, 0.15) is 0 Å². The van der Waals surface area contributed by atoms with Gasteiger partial charge in [0.25, 0.3) is 0 Å². The van der Waals surface area contributed by atoms with E-state index in [0.717, 1.165) is 15.6 Å². The maximum Gasteiger partial charge on any atom is 0.307 e. The first kappa shape index (κ1) is 14.5. The molecule has 5 nitrogen and oxygen atoms in total. The summed E-state index contributed by atoms with van der Waals surface area (Å²) in [5.41, 5.74) is 0.914. The zero-order chi connectivity index (χ0) is 15.0. The summed E-state index contributed by atoms with van der Waals surface area (Å²) in [6, 6.07) is 7.75. The topological polar surface area (TPSA) is 83.5 Å². The van der Waals surface area contributed by atoms with Crippen LogP contribution >= 0.6 is 11.3 Å². The van der Waals surface area contributed by atoms with Crippen LogP contribution in [0.25, 0.3) is 10.1 Å². The number of hydrogen-bond donors (Lipinski definition) is 2. The van der Waals surface area contributed by atoms with E-state index in [4.69, 9.17) is 5.11 Å². The number of rotatable bonds is 5. The molecule has 0 radical (unpaired) electrons. The lowest BCUT2D eigenvalue weighted by Crippen LogP contribution is -2.48. The van der Waals surface area contributed by atoms with Gasteiger partial charge in [0.15, 0.2) is 0 Å². The zero-order valence-corrected chi connectivity index (χ0v) is 12.8. The lowest BCUT2D eigenvalue weighted by Gasteiger charge is -2.32. The van der Waals surface area contributed by atoms with Crippen molar-refractivity contribution in [3.63, 3.8) is 0 Å². The average Bonchev–Trinajstić information content (AvgIpc) is 2.82. The molecule has 0 amide bonds. The molecule has 112 valence electrons. The highest BCUT2D eigenvalue weighted by Crippen LogP contribution is 2.33. The molecular weight excluding hydrogens is 310 g/mol. The Balaban J connectivity index is 1.75. The number of aliphatic carboxylic acids is 1. The maximum absolute atomic E-state index is 12.2. The van der Waals surface area contributed by atoms with Crippen molar-refractivity contribution in [1.29, 1.82) is 0 Å². The van der Waals surface area contributed by atoms with E-state index in [-0.39, 0.29) is 6.54 Å². The summed E-state index contributed by atoms with van der Waals surface area (Å²) in [7, 11) is -3.59. The molecule has 2 atom stereocenters. The number of carboxylic acids is 1. The van der Waals surface area contributed by atoms with Gasteiger partial charge in [-0.2, -0.15) is 0 Å². The van der Waals surface area contributed by atoms with Crippen LogP contribution in [0.15, 0.2) is 29.6 Å². The normalized spacial score (nSPS) is 22.1. The molecule has 2 N–H and O–H groups in total. The van der Waals surface area contributed by atoms with Crippen molar-refractivity contribution in [3.05, 3.63) is 35.2 Å². The third-order valence-electron chi connectivity index (χ3n) is 3.95. The van der Waals surface area contributed by atoms with E-state index in [2.05, 4.69) is 4.72 Å². The second kappa shape index (κ2) is 5.40. The van der Waals surface area contributed by atoms with Crippen LogP contribution in [0, 0.1) is 5.92 Å². The van der Waals surface area contributed by atoms with Crippen LogP contribution in [-0.2, 0) is 21.4 Å². The van der Waals surface area contributed by atoms with Crippen LogP contribution in [0.1, 0.15) is 18.4 Å². The summed E-state index contributed by atoms with van der Waals surface area (Å²) in [5, 5.41) is 11.2. The Bertz CT molecular complexity index is 781. The van der Waals surface area contributed by atoms with E-state index in [0.29, 0.717) is 12.8 Å². The van der Waals surface area contributed by atoms with E-state index in [1.54, 1.807) is 11.3 Å². The third-order valence-corrected chi connectivity index (χ3v) is 6.86. The van der Waals surface area contributed by atoms with Gasteiger partial charge in [-0.25, -0.2) is 13.1 Å². The number of carboxylic acid groups (broad SMARTS) is 1. The Kier molecular flexibility index (Phi) is 3.73. The molecule has 1 aliphatic rings. The lowest BCUT2D eigenvalue weighted by atomic mass is 9.85. The first-order valence-electron chi connectivity index (χ1n) is 6.65. The molecule has 1 heterocycles. The van der Waals surface area contributed by atoms with Crippen molar-refractivity contribution < 1.29 is 18.3 Å². The Morgan fingerprint density at radius 1 is 1.33 bits per heavy atom. The Hall–Kier alpha value is -1.44. The minimum absolute atomic E-state index is 0.197. The van der Waals surface area contributed by atoms with Crippen molar-refractivity contribution in [3.8, 4) is 0 Å². The molecule has 0 bridgehead atoms. The van der Waals surface area contributed by atoms with Crippen LogP contribution in [0.4, 0.5) is 0 Å². The molecule has 1 aliphatic carbocycles. The van der Waals surface area contributed by atoms with Crippen molar-refractivity contribution >= 4 is 37.4 Å². The number of carbonyl (C=O) groups is 1. The van der Waals surface area contributed by atoms with Gasteiger partial charge in [0.2, 0.25) is 10.0 Å². The van der Waals surface area contributed by atoms with Gasteiger partial charge in [-0.15, -0.1) is 11.3 Å². The molecular formula is C14H15NO4S2. The van der Waals surface area contributed by atoms with Gasteiger partial charge in [-0.3, -0.25) is 4.79 Å². The van der Waals surface area contributed by atoms with E-state index < -0.39 is 27.2 Å². The molecule has 1 saturated carbocycles. The number of hydrogen-bond acceptors (Lipinski definition) is 4. The molecule has 3 rings (SSSR count). The molecule has 1 fully saturated rings. The minimum Gasteiger partial charge on any atom is -0.481 e. The Labute approximate surface area is 126 Å². The summed E-state index contributed by atoms with van der Waals surface area (Å²) in [4.78, 5) is 11.0. The molecule has 1 aromatic heterocycles. The summed E-state index contributed by atoms with van der Waals surface area (Å²) < 4.78 is 28.0. The highest BCUT2D eigenvalue weighted by atomic mass is 32.2. The minimum atomic E-state index is -3.59. The van der Waals surface area contributed by atoms with Gasteiger partial charge in [-0.1, -0.05) is 18.2 Å². The first-order valence-corrected chi connectivity index (χ1v) is 9.08. The standard InChI is InChI=1S/C14H15NO4S2/c16-14(17)11-4-5-12(11)21(18,19)15-8-10-3-1-2-9-6-7-20-13(9)10/h1-3,6-7,11-12,15H,4-5,8H2,(H,16,17). The predicted octanol–water partition coefficient (Wildman–Crippen LogP) is 2.18. The van der Waals surface area contributed by atoms with Crippen molar-refractivity contribution in [1.82, 2.24) is 4.72 Å². The second-order valence-corrected chi connectivity index (χ2v) is 8.08. The second-order valence-electron chi connectivity index (χ2n) is 5.18. The summed E-state index contributed by atoms with van der Waals surface area (Å²) in [6.45, 7) is 0.197. The lowest BCUT2D eigenvalue weighted by molar-refractivity contribution is -0.144. The molecule has 0 aliphatic heterocycles. The fraction of sp³-hybridized carbons (Fsp3) is 0.357. The predicted molar refractivity (Wildman–Crippen MR) is 81.7 cm³/mol. The average molecular weight is 325 g/mol. The van der Waals surface area contributed by atoms with Gasteiger partial charge in [-0.05, 0) is 35.2 Å². The van der Waals surface area contributed by atoms with Crippen molar-refractivity contribution in [2.24, 2.45) is 5.92 Å². The fourth-order valence-corrected chi connectivity index (χ4v) is 5.22. The third kappa shape index (κ3) is 2.68. The molecule has 21 heavy (non-hydrogen) atoms. The zero-order valence-electron chi connectivity index (χ0n) is 11.2.